The molecule has 3 aromatic rings. The number of aromatic amines is 1. The number of nitrogens with one attached hydrogen (secondary N) is 1. The molecule has 0 aliphatic carbocycles. The zero-order chi connectivity index (χ0) is 15.9. The van der Waals surface area contributed by atoms with Gasteiger partial charge in [-0.25, -0.2) is 0 Å². The lowest BCUT2D eigenvalue weighted by Crippen LogP contribution is -2.04. The Morgan fingerprint density at radius 3 is 2.50 bits per heavy atom. The zero-order valence-corrected chi connectivity index (χ0v) is 13.2. The summed E-state index contributed by atoms with van der Waals surface area (Å²) in [5.74, 6) is 0. The lowest BCUT2D eigenvalue weighted by molar-refractivity contribution is 1.37. The molecule has 1 aromatic heterocycles. The van der Waals surface area contributed by atoms with E-state index in [1.54, 1.807) is 24.3 Å². The Kier molecular flexibility index (Phi) is 3.84. The summed E-state index contributed by atoms with van der Waals surface area (Å²) in [6, 6.07) is 11.4. The van der Waals surface area contributed by atoms with E-state index in [1.807, 2.05) is 6.07 Å². The molecular weight excluding hydrogens is 343 g/mol. The molecule has 0 saturated carbocycles. The summed E-state index contributed by atoms with van der Waals surface area (Å²) >= 11 is 18.2. The lowest BCUT2D eigenvalue weighted by Gasteiger charge is -2.08. The fraction of sp³-hybridized carbons (Fsp3) is 0. The Morgan fingerprint density at radius 2 is 1.77 bits per heavy atom. The molecule has 0 fully saturated rings. The summed E-state index contributed by atoms with van der Waals surface area (Å²) < 4.78 is 0. The van der Waals surface area contributed by atoms with Crippen LogP contribution >= 0.6 is 34.8 Å². The van der Waals surface area contributed by atoms with Crippen molar-refractivity contribution in [1.29, 1.82) is 5.26 Å². The molecule has 0 bridgehead atoms. The van der Waals surface area contributed by atoms with Gasteiger partial charge in [-0.3, -0.25) is 4.79 Å². The van der Waals surface area contributed by atoms with Crippen molar-refractivity contribution >= 4 is 45.7 Å². The van der Waals surface area contributed by atoms with Crippen molar-refractivity contribution in [2.24, 2.45) is 0 Å². The highest BCUT2D eigenvalue weighted by molar-refractivity contribution is 6.38. The van der Waals surface area contributed by atoms with E-state index < -0.39 is 0 Å². The Labute approximate surface area is 140 Å². The van der Waals surface area contributed by atoms with Crippen molar-refractivity contribution in [2.45, 2.75) is 0 Å². The highest BCUT2D eigenvalue weighted by atomic mass is 35.5. The van der Waals surface area contributed by atoms with E-state index in [-0.39, 0.29) is 10.5 Å². The zero-order valence-electron chi connectivity index (χ0n) is 11.0. The number of H-pyrrole nitrogens is 1. The van der Waals surface area contributed by atoms with Gasteiger partial charge in [-0.15, -0.1) is 0 Å². The van der Waals surface area contributed by atoms with Crippen molar-refractivity contribution in [3.05, 3.63) is 67.3 Å². The average molecular weight is 350 g/mol. The van der Waals surface area contributed by atoms with E-state index in [0.29, 0.717) is 37.8 Å². The van der Waals surface area contributed by atoms with Crippen LogP contribution in [0.5, 0.6) is 0 Å². The maximum Gasteiger partial charge on any atom is 0.191 e. The predicted octanol–water partition coefficient (Wildman–Crippen LogP) is 5.03. The van der Waals surface area contributed by atoms with Crippen molar-refractivity contribution in [3.63, 3.8) is 0 Å². The normalized spacial score (nSPS) is 10.6. The van der Waals surface area contributed by atoms with Crippen LogP contribution in [0.4, 0.5) is 0 Å². The first kappa shape index (κ1) is 14.9. The fourth-order valence-corrected chi connectivity index (χ4v) is 3.06. The van der Waals surface area contributed by atoms with Crippen LogP contribution in [0.15, 0.2) is 41.2 Å². The maximum absolute atomic E-state index is 12.3. The number of hydrogen-bond acceptors (Lipinski definition) is 2. The van der Waals surface area contributed by atoms with Crippen LogP contribution in [0.25, 0.3) is 22.2 Å². The van der Waals surface area contributed by atoms with Gasteiger partial charge in [0, 0.05) is 21.7 Å². The van der Waals surface area contributed by atoms with Crippen molar-refractivity contribution < 1.29 is 0 Å². The summed E-state index contributed by atoms with van der Waals surface area (Å²) in [5.41, 5.74) is 1.78. The first-order valence-electron chi connectivity index (χ1n) is 6.21. The molecule has 0 spiro atoms. The molecular formula is C16H7Cl3N2O. The van der Waals surface area contributed by atoms with Crippen molar-refractivity contribution in [2.75, 3.05) is 0 Å². The van der Waals surface area contributed by atoms with Gasteiger partial charge in [-0.05, 0) is 30.3 Å². The Bertz CT molecular complexity index is 1000. The number of halogens is 3. The van der Waals surface area contributed by atoms with Crippen molar-refractivity contribution in [1.82, 2.24) is 4.98 Å². The van der Waals surface area contributed by atoms with Crippen LogP contribution in [0, 0.1) is 11.3 Å². The Hall–Kier alpha value is -1.99. The molecule has 0 aliphatic heterocycles. The molecule has 22 heavy (non-hydrogen) atoms. The number of nitriles is 1. The standard InChI is InChI=1S/C16H7Cl3N2O/c17-9-4-12(19)16-14(5-9)21-13(6-15(16)22)10-3-8(7-20)1-2-11(10)18/h1-6H,(H,21,22). The third kappa shape index (κ3) is 2.57. The molecule has 108 valence electrons. The topological polar surface area (TPSA) is 56.6 Å². The smallest absolute Gasteiger partial charge is 0.191 e. The summed E-state index contributed by atoms with van der Waals surface area (Å²) in [4.78, 5) is 15.4. The second-order valence-electron chi connectivity index (χ2n) is 4.66. The fourth-order valence-electron chi connectivity index (χ4n) is 2.25. The van der Waals surface area contributed by atoms with E-state index >= 15 is 0 Å². The second kappa shape index (κ2) is 5.66. The van der Waals surface area contributed by atoms with Crippen LogP contribution in [-0.2, 0) is 0 Å². The molecule has 0 saturated heterocycles. The SMILES string of the molecule is N#Cc1ccc(Cl)c(-c2cc(=O)c3c(Cl)cc(Cl)cc3[nH]2)c1. The number of nitrogens with zero attached hydrogens (tertiary/aromatic N) is 1. The summed E-state index contributed by atoms with van der Waals surface area (Å²) in [5, 5.41) is 10.5. The predicted molar refractivity (Wildman–Crippen MR) is 89.7 cm³/mol. The number of rotatable bonds is 1. The minimum Gasteiger partial charge on any atom is -0.354 e. The summed E-state index contributed by atoms with van der Waals surface area (Å²) in [6.07, 6.45) is 0. The van der Waals surface area contributed by atoms with Gasteiger partial charge in [0.15, 0.2) is 5.43 Å². The van der Waals surface area contributed by atoms with Gasteiger partial charge in [-0.1, -0.05) is 34.8 Å². The summed E-state index contributed by atoms with van der Waals surface area (Å²) in [6.45, 7) is 0. The Morgan fingerprint density at radius 1 is 1.00 bits per heavy atom. The number of fused-ring (bicyclic) bond motifs is 1. The van der Waals surface area contributed by atoms with Crippen LogP contribution in [0.2, 0.25) is 15.1 Å². The highest BCUT2D eigenvalue weighted by Gasteiger charge is 2.11. The average Bonchev–Trinajstić information content (AvgIpc) is 2.46. The molecule has 1 N–H and O–H groups in total. The highest BCUT2D eigenvalue weighted by Crippen LogP contribution is 2.30. The van der Waals surface area contributed by atoms with Crippen LogP contribution in [-0.4, -0.2) is 4.98 Å². The Balaban J connectivity index is 2.34. The van der Waals surface area contributed by atoms with Gasteiger partial charge in [0.25, 0.3) is 0 Å². The maximum atomic E-state index is 12.3. The number of aromatic nitrogens is 1. The van der Waals surface area contributed by atoms with E-state index in [2.05, 4.69) is 4.98 Å². The third-order valence-corrected chi connectivity index (χ3v) is 4.08. The summed E-state index contributed by atoms with van der Waals surface area (Å²) in [7, 11) is 0. The van der Waals surface area contributed by atoms with Gasteiger partial charge in [0.2, 0.25) is 0 Å². The van der Waals surface area contributed by atoms with Crippen LogP contribution in [0.3, 0.4) is 0 Å². The minimum absolute atomic E-state index is 0.246. The van der Waals surface area contributed by atoms with E-state index in [1.165, 1.54) is 12.1 Å². The van der Waals surface area contributed by atoms with E-state index in [4.69, 9.17) is 40.1 Å². The van der Waals surface area contributed by atoms with E-state index in [0.717, 1.165) is 0 Å². The number of benzene rings is 2. The first-order chi connectivity index (χ1) is 10.5. The quantitative estimate of drug-likeness (QED) is 0.670. The molecule has 0 aliphatic rings. The molecule has 3 rings (SSSR count). The van der Waals surface area contributed by atoms with Crippen LogP contribution < -0.4 is 5.43 Å². The minimum atomic E-state index is -0.246. The van der Waals surface area contributed by atoms with Gasteiger partial charge in [0.1, 0.15) is 0 Å². The molecule has 0 amide bonds. The molecule has 0 radical (unpaired) electrons. The number of hydrogen-bond donors (Lipinski definition) is 1. The molecule has 3 nitrogen and oxygen atoms in total. The lowest BCUT2D eigenvalue weighted by atomic mass is 10.1. The third-order valence-electron chi connectivity index (χ3n) is 3.23. The monoisotopic (exact) mass is 348 g/mol. The molecule has 2 aromatic carbocycles. The van der Waals surface area contributed by atoms with Gasteiger partial charge in [-0.2, -0.15) is 5.26 Å². The van der Waals surface area contributed by atoms with E-state index in [9.17, 15) is 4.79 Å². The molecule has 1 heterocycles. The molecule has 0 unspecified atom stereocenters. The first-order valence-corrected chi connectivity index (χ1v) is 7.35. The van der Waals surface area contributed by atoms with Crippen LogP contribution in [0.1, 0.15) is 5.56 Å². The van der Waals surface area contributed by atoms with Gasteiger partial charge in [0.05, 0.1) is 33.3 Å². The number of pyridine rings is 1. The van der Waals surface area contributed by atoms with Crippen molar-refractivity contribution in [3.8, 4) is 17.3 Å². The molecule has 6 heteroatoms. The second-order valence-corrected chi connectivity index (χ2v) is 5.91. The van der Waals surface area contributed by atoms with Gasteiger partial charge >= 0.3 is 0 Å². The largest absolute Gasteiger partial charge is 0.354 e. The van der Waals surface area contributed by atoms with Gasteiger partial charge < -0.3 is 4.98 Å². The molecule has 0 atom stereocenters.